The number of carbonyl (C=O) groups excluding carboxylic acids is 3. The van der Waals surface area contributed by atoms with E-state index in [2.05, 4.69) is 130 Å². The van der Waals surface area contributed by atoms with Crippen molar-refractivity contribution >= 4 is 17.9 Å². The number of hydrogen-bond donors (Lipinski definition) is 0. The quantitative estimate of drug-likeness (QED) is 0.0262. The van der Waals surface area contributed by atoms with Crippen LogP contribution in [0.2, 0.25) is 0 Å². The van der Waals surface area contributed by atoms with Gasteiger partial charge in [-0.25, -0.2) is 0 Å². The maximum atomic E-state index is 12.7. The fourth-order valence-electron chi connectivity index (χ4n) is 6.80. The van der Waals surface area contributed by atoms with Gasteiger partial charge in [-0.15, -0.1) is 0 Å². The van der Waals surface area contributed by atoms with Crippen molar-refractivity contribution in [2.75, 3.05) is 13.2 Å². The van der Waals surface area contributed by atoms with E-state index in [4.69, 9.17) is 14.2 Å². The molecule has 0 heterocycles. The van der Waals surface area contributed by atoms with Gasteiger partial charge in [0.2, 0.25) is 0 Å². The summed E-state index contributed by atoms with van der Waals surface area (Å²) in [5.41, 5.74) is 0. The second-order valence-electron chi connectivity index (χ2n) is 17.0. The fraction of sp³-hybridized carbons (Fsp3) is 0.617. The second-order valence-corrected chi connectivity index (χ2v) is 17.0. The van der Waals surface area contributed by atoms with Crippen LogP contribution in [-0.2, 0) is 28.6 Å². The third kappa shape index (κ3) is 50.8. The van der Waals surface area contributed by atoms with Crippen LogP contribution in [0.25, 0.3) is 0 Å². The van der Waals surface area contributed by atoms with Crippen molar-refractivity contribution in [1.29, 1.82) is 0 Å². The first-order valence-corrected chi connectivity index (χ1v) is 26.5. The molecule has 0 fully saturated rings. The minimum absolute atomic E-state index is 0.0826. The Balaban J connectivity index is 4.57. The molecule has 0 N–H and O–H groups in total. The van der Waals surface area contributed by atoms with Gasteiger partial charge in [0.1, 0.15) is 13.2 Å². The Morgan fingerprint density at radius 2 is 0.636 bits per heavy atom. The molecular formula is C60H96O6. The minimum Gasteiger partial charge on any atom is -0.462 e. The number of hydrogen-bond acceptors (Lipinski definition) is 6. The van der Waals surface area contributed by atoms with Gasteiger partial charge >= 0.3 is 17.9 Å². The summed E-state index contributed by atoms with van der Waals surface area (Å²) in [5, 5.41) is 0. The molecule has 0 aromatic carbocycles. The molecule has 0 bridgehead atoms. The molecule has 0 aromatic rings. The van der Waals surface area contributed by atoms with Gasteiger partial charge in [0.05, 0.1) is 6.42 Å². The van der Waals surface area contributed by atoms with Crippen LogP contribution in [0.1, 0.15) is 220 Å². The Labute approximate surface area is 405 Å². The highest BCUT2D eigenvalue weighted by Crippen LogP contribution is 2.13. The summed E-state index contributed by atoms with van der Waals surface area (Å²) in [7, 11) is 0. The smallest absolute Gasteiger partial charge is 0.310 e. The Morgan fingerprint density at radius 3 is 1.05 bits per heavy atom. The molecule has 0 radical (unpaired) electrons. The first-order valence-electron chi connectivity index (χ1n) is 26.5. The second kappa shape index (κ2) is 53.4. The number of ether oxygens (including phenoxy) is 3. The van der Waals surface area contributed by atoms with Crippen LogP contribution >= 0.6 is 0 Å². The molecule has 1 atom stereocenters. The molecule has 6 heteroatoms. The number of rotatable bonds is 46. The molecule has 0 rings (SSSR count). The average Bonchev–Trinajstić information content (AvgIpc) is 3.31. The van der Waals surface area contributed by atoms with Crippen LogP contribution < -0.4 is 0 Å². The molecule has 0 aliphatic heterocycles. The maximum Gasteiger partial charge on any atom is 0.310 e. The van der Waals surface area contributed by atoms with Crippen molar-refractivity contribution in [2.45, 2.75) is 226 Å². The standard InChI is InChI=1S/C60H96O6/c1-4-7-10-13-16-19-22-25-28-29-30-33-35-38-41-44-47-50-53-59(62)65-56-57(66-60(63)54-51-48-45-42-39-36-32-27-24-21-18-15-12-9-6-3)55-64-58(61)52-49-46-43-40-37-34-31-26-23-20-17-14-11-8-5-2/h8-9,11-12,17-18,20-21,26-29,31-32,37,39-40,42,48,51,57H,4-7,10,13-16,19,22-25,30,33-36,38,41,43-47,49-50,52-56H2,1-3H3/b11-8-,12-9-,20-17-,21-18-,29-28-,31-26-,32-27-,40-37-,42-39-,51-48-. The zero-order chi connectivity index (χ0) is 47.9. The predicted molar refractivity (Wildman–Crippen MR) is 283 cm³/mol. The van der Waals surface area contributed by atoms with Gasteiger partial charge in [0.15, 0.2) is 6.10 Å². The van der Waals surface area contributed by atoms with Gasteiger partial charge in [0, 0.05) is 12.8 Å². The van der Waals surface area contributed by atoms with Gasteiger partial charge in [-0.05, 0) is 109 Å². The number of esters is 3. The topological polar surface area (TPSA) is 78.9 Å². The highest BCUT2D eigenvalue weighted by Gasteiger charge is 2.19. The molecule has 66 heavy (non-hydrogen) atoms. The van der Waals surface area contributed by atoms with Crippen molar-refractivity contribution in [1.82, 2.24) is 0 Å². The lowest BCUT2D eigenvalue weighted by Crippen LogP contribution is -2.30. The van der Waals surface area contributed by atoms with Crippen LogP contribution in [0.3, 0.4) is 0 Å². The third-order valence-corrected chi connectivity index (χ3v) is 10.7. The molecule has 0 aromatic heterocycles. The Morgan fingerprint density at radius 1 is 0.333 bits per heavy atom. The zero-order valence-corrected chi connectivity index (χ0v) is 42.4. The first-order chi connectivity index (χ1) is 32.5. The molecule has 6 nitrogen and oxygen atoms in total. The summed E-state index contributed by atoms with van der Waals surface area (Å²) in [5.74, 6) is -1.12. The molecular weight excluding hydrogens is 817 g/mol. The van der Waals surface area contributed by atoms with Crippen molar-refractivity contribution in [2.24, 2.45) is 0 Å². The summed E-state index contributed by atoms with van der Waals surface area (Å²) in [6.45, 7) is 6.27. The van der Waals surface area contributed by atoms with Gasteiger partial charge in [-0.3, -0.25) is 14.4 Å². The van der Waals surface area contributed by atoms with E-state index >= 15 is 0 Å². The highest BCUT2D eigenvalue weighted by atomic mass is 16.6. The van der Waals surface area contributed by atoms with E-state index in [1.165, 1.54) is 83.5 Å². The molecule has 0 aliphatic rings. The van der Waals surface area contributed by atoms with Crippen molar-refractivity contribution < 1.29 is 28.6 Å². The summed E-state index contributed by atoms with van der Waals surface area (Å²) in [6, 6.07) is 0. The molecule has 0 aliphatic carbocycles. The van der Waals surface area contributed by atoms with Gasteiger partial charge in [-0.1, -0.05) is 213 Å². The predicted octanol–water partition coefficient (Wildman–Crippen LogP) is 17.7. The zero-order valence-electron chi connectivity index (χ0n) is 42.4. The van der Waals surface area contributed by atoms with E-state index in [9.17, 15) is 14.4 Å². The van der Waals surface area contributed by atoms with E-state index in [1.807, 2.05) is 6.08 Å². The lowest BCUT2D eigenvalue weighted by molar-refractivity contribution is -0.166. The number of carbonyl (C=O) groups is 3. The van der Waals surface area contributed by atoms with Gasteiger partial charge in [0.25, 0.3) is 0 Å². The summed E-state index contributed by atoms with van der Waals surface area (Å²) < 4.78 is 16.7. The lowest BCUT2D eigenvalue weighted by Gasteiger charge is -2.18. The highest BCUT2D eigenvalue weighted by molar-refractivity contribution is 5.72. The normalized spacial score (nSPS) is 13.1. The monoisotopic (exact) mass is 913 g/mol. The molecule has 1 unspecified atom stereocenters. The molecule has 372 valence electrons. The van der Waals surface area contributed by atoms with Crippen molar-refractivity contribution in [3.63, 3.8) is 0 Å². The van der Waals surface area contributed by atoms with Crippen LogP contribution in [0.5, 0.6) is 0 Å². The van der Waals surface area contributed by atoms with Gasteiger partial charge in [-0.2, -0.15) is 0 Å². The van der Waals surface area contributed by atoms with E-state index < -0.39 is 12.1 Å². The van der Waals surface area contributed by atoms with E-state index in [1.54, 1.807) is 6.08 Å². The number of unbranched alkanes of at least 4 members (excludes halogenated alkanes) is 16. The Hall–Kier alpha value is -4.19. The average molecular weight is 913 g/mol. The van der Waals surface area contributed by atoms with Crippen LogP contribution in [0, 0.1) is 0 Å². The van der Waals surface area contributed by atoms with Gasteiger partial charge < -0.3 is 14.2 Å². The molecule has 0 saturated carbocycles. The summed E-state index contributed by atoms with van der Waals surface area (Å²) in [4.78, 5) is 38.0. The van der Waals surface area contributed by atoms with Crippen molar-refractivity contribution in [3.8, 4) is 0 Å². The van der Waals surface area contributed by atoms with E-state index in [0.29, 0.717) is 19.3 Å². The molecule has 0 amide bonds. The molecule has 0 saturated heterocycles. The van der Waals surface area contributed by atoms with Crippen LogP contribution in [-0.4, -0.2) is 37.2 Å². The first kappa shape index (κ1) is 61.8. The van der Waals surface area contributed by atoms with Crippen LogP contribution in [0.15, 0.2) is 122 Å². The third-order valence-electron chi connectivity index (χ3n) is 10.7. The lowest BCUT2D eigenvalue weighted by atomic mass is 10.1. The summed E-state index contributed by atoms with van der Waals surface area (Å²) in [6.07, 6.45) is 73.6. The SMILES string of the molecule is CC/C=C\C/C=C\C/C=C\C/C=C\C/C=C\CC(=O)OC(COC(=O)CCCC/C=C\C/C=C\C/C=C\C/C=C\CC)COC(=O)CCCCCCCCC/C=C\CCCCCCCCC. The van der Waals surface area contributed by atoms with E-state index in [0.717, 1.165) is 83.5 Å². The largest absolute Gasteiger partial charge is 0.462 e. The Kier molecular flexibility index (Phi) is 50.0. The summed E-state index contributed by atoms with van der Waals surface area (Å²) >= 11 is 0. The minimum atomic E-state index is -0.854. The fourth-order valence-corrected chi connectivity index (χ4v) is 6.80. The van der Waals surface area contributed by atoms with Crippen LogP contribution in [0.4, 0.5) is 0 Å². The molecule has 0 spiro atoms. The van der Waals surface area contributed by atoms with Crippen molar-refractivity contribution in [3.05, 3.63) is 122 Å². The maximum absolute atomic E-state index is 12.7. The number of allylic oxidation sites excluding steroid dienone is 19. The Bertz CT molecular complexity index is 1420. The van der Waals surface area contributed by atoms with E-state index in [-0.39, 0.29) is 38.0 Å².